The van der Waals surface area contributed by atoms with Crippen LogP contribution in [0, 0.1) is 0 Å². The highest BCUT2D eigenvalue weighted by Crippen LogP contribution is 2.22. The zero-order valence-electron chi connectivity index (χ0n) is 18.6. The minimum Gasteiger partial charge on any atom is -0.494 e. The molecule has 2 aromatic carbocycles. The Morgan fingerprint density at radius 3 is 2.28 bits per heavy atom. The van der Waals surface area contributed by atoms with E-state index in [9.17, 15) is 13.2 Å². The fourth-order valence-electron chi connectivity index (χ4n) is 3.51. The summed E-state index contributed by atoms with van der Waals surface area (Å²) in [6.07, 6.45) is 9.07. The van der Waals surface area contributed by atoms with E-state index in [2.05, 4.69) is 12.2 Å². The van der Waals surface area contributed by atoms with E-state index in [0.29, 0.717) is 35.8 Å². The highest BCUT2D eigenvalue weighted by molar-refractivity contribution is 7.89. The summed E-state index contributed by atoms with van der Waals surface area (Å²) in [6, 6.07) is 13.7. The number of hydrogen-bond donors (Lipinski definition) is 1. The first kappa shape index (κ1) is 24.0. The van der Waals surface area contributed by atoms with Crippen molar-refractivity contribution in [2.24, 2.45) is 0 Å². The van der Waals surface area contributed by atoms with Gasteiger partial charge in [0.15, 0.2) is 5.78 Å². The third-order valence-corrected chi connectivity index (χ3v) is 7.36. The molecule has 0 saturated carbocycles. The van der Waals surface area contributed by atoms with Gasteiger partial charge in [-0.15, -0.1) is 0 Å². The number of rotatable bonds is 10. The van der Waals surface area contributed by atoms with E-state index >= 15 is 0 Å². The number of nitrogens with one attached hydrogen (secondary N) is 1. The van der Waals surface area contributed by atoms with Gasteiger partial charge in [0.2, 0.25) is 10.0 Å². The van der Waals surface area contributed by atoms with Gasteiger partial charge in [-0.3, -0.25) is 4.79 Å². The fourth-order valence-corrected chi connectivity index (χ4v) is 5.03. The molecule has 1 heterocycles. The molecule has 6 nitrogen and oxygen atoms in total. The van der Waals surface area contributed by atoms with Crippen LogP contribution in [0.3, 0.4) is 0 Å². The van der Waals surface area contributed by atoms with Crippen LogP contribution in [0.25, 0.3) is 0 Å². The maximum atomic E-state index is 12.8. The first-order chi connectivity index (χ1) is 15.5. The van der Waals surface area contributed by atoms with Crippen LogP contribution in [0.15, 0.2) is 65.7 Å². The summed E-state index contributed by atoms with van der Waals surface area (Å²) in [5.74, 6) is 0.630. The Morgan fingerprint density at radius 2 is 1.66 bits per heavy atom. The van der Waals surface area contributed by atoms with Gasteiger partial charge >= 0.3 is 0 Å². The third kappa shape index (κ3) is 6.68. The number of anilines is 1. The Morgan fingerprint density at radius 1 is 1.00 bits per heavy atom. The average molecular weight is 457 g/mol. The lowest BCUT2D eigenvalue weighted by Gasteiger charge is -2.20. The van der Waals surface area contributed by atoms with Crippen LogP contribution in [0.5, 0.6) is 5.75 Å². The SMILES string of the molecule is CCCCOc1ccc(C(=O)C=CNc2ccc(S(=O)(=O)N3CCCCCC3)cc2)cc1. The van der Waals surface area contributed by atoms with Gasteiger partial charge in [-0.05, 0) is 67.8 Å². The number of carbonyl (C=O) groups is 1. The summed E-state index contributed by atoms with van der Waals surface area (Å²) in [6.45, 7) is 3.95. The smallest absolute Gasteiger partial charge is 0.243 e. The Balaban J connectivity index is 1.54. The molecule has 1 aliphatic heterocycles. The zero-order chi connectivity index (χ0) is 22.8. The lowest BCUT2D eigenvalue weighted by molar-refractivity contribution is 0.104. The van der Waals surface area contributed by atoms with E-state index in [1.165, 1.54) is 6.08 Å². The molecule has 0 bridgehead atoms. The summed E-state index contributed by atoms with van der Waals surface area (Å²) < 4.78 is 32.9. The van der Waals surface area contributed by atoms with Crippen molar-refractivity contribution >= 4 is 21.5 Å². The molecule has 1 fully saturated rings. The number of ether oxygens (including phenoxy) is 1. The molecule has 0 atom stereocenters. The molecule has 1 saturated heterocycles. The lowest BCUT2D eigenvalue weighted by Crippen LogP contribution is -2.31. The number of benzene rings is 2. The topological polar surface area (TPSA) is 75.7 Å². The van der Waals surface area contributed by atoms with Crippen LogP contribution in [-0.2, 0) is 10.0 Å². The zero-order valence-corrected chi connectivity index (χ0v) is 19.4. The molecule has 7 heteroatoms. The highest BCUT2D eigenvalue weighted by atomic mass is 32.2. The van der Waals surface area contributed by atoms with Crippen molar-refractivity contribution in [1.29, 1.82) is 0 Å². The molecule has 0 aliphatic carbocycles. The monoisotopic (exact) mass is 456 g/mol. The number of sulfonamides is 1. The predicted octanol–water partition coefficient (Wildman–Crippen LogP) is 5.24. The highest BCUT2D eigenvalue weighted by Gasteiger charge is 2.24. The Hall–Kier alpha value is -2.64. The molecule has 0 unspecified atom stereocenters. The van der Waals surface area contributed by atoms with Gasteiger partial charge in [0.1, 0.15) is 5.75 Å². The van der Waals surface area contributed by atoms with Crippen molar-refractivity contribution < 1.29 is 17.9 Å². The summed E-state index contributed by atoms with van der Waals surface area (Å²) in [5.41, 5.74) is 1.29. The minimum absolute atomic E-state index is 0.127. The van der Waals surface area contributed by atoms with Crippen LogP contribution in [-0.4, -0.2) is 38.2 Å². The largest absolute Gasteiger partial charge is 0.494 e. The van der Waals surface area contributed by atoms with Crippen LogP contribution < -0.4 is 10.1 Å². The molecule has 1 aliphatic rings. The van der Waals surface area contributed by atoms with Gasteiger partial charge in [-0.25, -0.2) is 8.42 Å². The van der Waals surface area contributed by atoms with Gasteiger partial charge in [0.25, 0.3) is 0 Å². The first-order valence-corrected chi connectivity index (χ1v) is 12.7. The maximum absolute atomic E-state index is 12.8. The van der Waals surface area contributed by atoms with E-state index in [-0.39, 0.29) is 5.78 Å². The second-order valence-electron chi connectivity index (χ2n) is 7.91. The molecular formula is C25H32N2O4S. The standard InChI is InChI=1S/C25H32N2O4S/c1-2-3-20-31-23-12-8-21(9-13-23)25(28)16-17-26-22-10-14-24(15-11-22)32(29,30)27-18-6-4-5-7-19-27/h8-17,26H,2-7,18-20H2,1H3. The van der Waals surface area contributed by atoms with Crippen molar-refractivity contribution in [2.75, 3.05) is 25.0 Å². The lowest BCUT2D eigenvalue weighted by atomic mass is 10.1. The van der Waals surface area contributed by atoms with Gasteiger partial charge in [0.05, 0.1) is 11.5 Å². The van der Waals surface area contributed by atoms with Crippen LogP contribution in [0.2, 0.25) is 0 Å². The van der Waals surface area contributed by atoms with Crippen molar-refractivity contribution in [3.05, 3.63) is 66.4 Å². The third-order valence-electron chi connectivity index (χ3n) is 5.45. The molecular weight excluding hydrogens is 424 g/mol. The summed E-state index contributed by atoms with van der Waals surface area (Å²) in [4.78, 5) is 12.6. The molecule has 0 radical (unpaired) electrons. The van der Waals surface area contributed by atoms with Crippen molar-refractivity contribution in [3.8, 4) is 5.75 Å². The molecule has 0 aromatic heterocycles. The molecule has 172 valence electrons. The van der Waals surface area contributed by atoms with Crippen LogP contribution >= 0.6 is 0 Å². The van der Waals surface area contributed by atoms with Crippen molar-refractivity contribution in [2.45, 2.75) is 50.3 Å². The van der Waals surface area contributed by atoms with Crippen LogP contribution in [0.4, 0.5) is 5.69 Å². The number of unbranched alkanes of at least 4 members (excludes halogenated alkanes) is 1. The average Bonchev–Trinajstić information content (AvgIpc) is 3.10. The van der Waals surface area contributed by atoms with E-state index in [0.717, 1.165) is 44.3 Å². The normalized spacial score (nSPS) is 15.4. The fraction of sp³-hybridized carbons (Fsp3) is 0.400. The molecule has 0 amide bonds. The molecule has 2 aromatic rings. The molecule has 3 rings (SSSR count). The van der Waals surface area contributed by atoms with E-state index in [1.54, 1.807) is 59.0 Å². The minimum atomic E-state index is -3.46. The Labute approximate surface area is 191 Å². The summed E-state index contributed by atoms with van der Waals surface area (Å²) in [7, 11) is -3.46. The quantitative estimate of drug-likeness (QED) is 0.301. The van der Waals surface area contributed by atoms with Crippen molar-refractivity contribution in [1.82, 2.24) is 4.31 Å². The summed E-state index contributed by atoms with van der Waals surface area (Å²) in [5, 5.41) is 3.02. The van der Waals surface area contributed by atoms with Gasteiger partial charge in [-0.2, -0.15) is 4.31 Å². The van der Waals surface area contributed by atoms with Gasteiger partial charge in [-0.1, -0.05) is 26.2 Å². The van der Waals surface area contributed by atoms with E-state index in [4.69, 9.17) is 4.74 Å². The summed E-state index contributed by atoms with van der Waals surface area (Å²) >= 11 is 0. The number of allylic oxidation sites excluding steroid dienone is 1. The van der Waals surface area contributed by atoms with E-state index in [1.807, 2.05) is 0 Å². The number of ketones is 1. The Bertz CT molecular complexity index is 991. The molecule has 0 spiro atoms. The predicted molar refractivity (Wildman–Crippen MR) is 128 cm³/mol. The second-order valence-corrected chi connectivity index (χ2v) is 9.85. The van der Waals surface area contributed by atoms with Crippen LogP contribution in [0.1, 0.15) is 55.8 Å². The first-order valence-electron chi connectivity index (χ1n) is 11.3. The van der Waals surface area contributed by atoms with Gasteiger partial charge in [0, 0.05) is 36.6 Å². The van der Waals surface area contributed by atoms with Gasteiger partial charge < -0.3 is 10.1 Å². The number of nitrogens with zero attached hydrogens (tertiary/aromatic N) is 1. The van der Waals surface area contributed by atoms with E-state index < -0.39 is 10.0 Å². The Kier molecular flexibility index (Phi) is 8.88. The number of hydrogen-bond acceptors (Lipinski definition) is 5. The van der Waals surface area contributed by atoms with Crippen molar-refractivity contribution in [3.63, 3.8) is 0 Å². The molecule has 32 heavy (non-hydrogen) atoms. The molecule has 1 N–H and O–H groups in total. The number of carbonyl (C=O) groups excluding carboxylic acids is 1. The maximum Gasteiger partial charge on any atom is 0.243 e. The second kappa shape index (κ2) is 11.8.